The molecule has 3 aromatic rings. The number of nitrogens with zero attached hydrogens (tertiary/aromatic N) is 2. The Morgan fingerprint density at radius 3 is 2.72 bits per heavy atom. The summed E-state index contributed by atoms with van der Waals surface area (Å²) in [7, 11) is 0. The van der Waals surface area contributed by atoms with Crippen molar-refractivity contribution in [3.05, 3.63) is 53.9 Å². The molecule has 2 heterocycles. The van der Waals surface area contributed by atoms with Crippen LogP contribution in [0.25, 0.3) is 11.1 Å². The van der Waals surface area contributed by atoms with Gasteiger partial charge in [0.25, 0.3) is 5.91 Å². The van der Waals surface area contributed by atoms with Gasteiger partial charge in [0.2, 0.25) is 5.91 Å². The zero-order chi connectivity index (χ0) is 17.4. The quantitative estimate of drug-likeness (QED) is 0.794. The molecule has 1 aliphatic heterocycles. The van der Waals surface area contributed by atoms with E-state index in [1.165, 1.54) is 0 Å². The summed E-state index contributed by atoms with van der Waals surface area (Å²) >= 11 is 0. The highest BCUT2D eigenvalue weighted by Crippen LogP contribution is 2.23. The van der Waals surface area contributed by atoms with Crippen LogP contribution in [0.1, 0.15) is 29.1 Å². The molecular weight excluding hydrogens is 318 g/mol. The molecule has 0 spiro atoms. The summed E-state index contributed by atoms with van der Waals surface area (Å²) in [6.45, 7) is 2.52. The molecule has 0 radical (unpaired) electrons. The monoisotopic (exact) mass is 335 g/mol. The largest absolute Gasteiger partial charge is 0.441 e. The Morgan fingerprint density at radius 2 is 2.00 bits per heavy atom. The molecule has 4 rings (SSSR count). The second-order valence-electron chi connectivity index (χ2n) is 6.07. The third-order valence-electron chi connectivity index (χ3n) is 4.27. The van der Waals surface area contributed by atoms with Crippen LogP contribution in [-0.4, -0.2) is 23.3 Å². The van der Waals surface area contributed by atoms with Crippen molar-refractivity contribution in [1.29, 1.82) is 0 Å². The average Bonchev–Trinajstić information content (AvgIpc) is 3.19. The van der Waals surface area contributed by atoms with Crippen LogP contribution in [0.15, 0.2) is 46.9 Å². The smallest absolute Gasteiger partial charge is 0.255 e. The van der Waals surface area contributed by atoms with Gasteiger partial charge in [-0.1, -0.05) is 0 Å². The second-order valence-corrected chi connectivity index (χ2v) is 6.07. The summed E-state index contributed by atoms with van der Waals surface area (Å²) in [6, 6.07) is 12.4. The zero-order valence-corrected chi connectivity index (χ0v) is 13.8. The third-order valence-corrected chi connectivity index (χ3v) is 4.27. The molecule has 1 aromatic heterocycles. The van der Waals surface area contributed by atoms with E-state index in [9.17, 15) is 9.59 Å². The highest BCUT2D eigenvalue weighted by atomic mass is 16.3. The molecular formula is C19H17N3O3. The highest BCUT2D eigenvalue weighted by molar-refractivity contribution is 6.05. The Kier molecular flexibility index (Phi) is 3.72. The van der Waals surface area contributed by atoms with E-state index in [4.69, 9.17) is 4.42 Å². The van der Waals surface area contributed by atoms with Gasteiger partial charge in [-0.2, -0.15) is 0 Å². The maximum absolute atomic E-state index is 12.4. The van der Waals surface area contributed by atoms with Crippen LogP contribution < -0.4 is 10.2 Å². The van der Waals surface area contributed by atoms with Gasteiger partial charge in [0.05, 0.1) is 0 Å². The van der Waals surface area contributed by atoms with Crippen LogP contribution in [0.5, 0.6) is 0 Å². The SMILES string of the molecule is Cc1nc2cc(NC(=O)c3ccc(N4CCCC4=O)cc3)ccc2o1. The van der Waals surface area contributed by atoms with Crippen molar-refractivity contribution in [1.82, 2.24) is 4.98 Å². The van der Waals surface area contributed by atoms with Gasteiger partial charge in [-0.3, -0.25) is 9.59 Å². The van der Waals surface area contributed by atoms with Crippen molar-refractivity contribution in [2.75, 3.05) is 16.8 Å². The fraction of sp³-hybridized carbons (Fsp3) is 0.211. The number of aryl methyl sites for hydroxylation is 1. The third kappa shape index (κ3) is 2.98. The lowest BCUT2D eigenvalue weighted by Gasteiger charge is -2.15. The van der Waals surface area contributed by atoms with Crippen molar-refractivity contribution in [3.8, 4) is 0 Å². The Bertz CT molecular complexity index is 960. The Morgan fingerprint density at radius 1 is 1.20 bits per heavy atom. The summed E-state index contributed by atoms with van der Waals surface area (Å²) < 4.78 is 5.43. The lowest BCUT2D eigenvalue weighted by molar-refractivity contribution is -0.117. The van der Waals surface area contributed by atoms with E-state index in [0.29, 0.717) is 34.7 Å². The molecule has 2 aromatic carbocycles. The molecule has 25 heavy (non-hydrogen) atoms. The second kappa shape index (κ2) is 6.05. The highest BCUT2D eigenvalue weighted by Gasteiger charge is 2.21. The van der Waals surface area contributed by atoms with Gasteiger partial charge in [0, 0.05) is 36.8 Å². The number of oxazole rings is 1. The van der Waals surface area contributed by atoms with Gasteiger partial charge in [0.15, 0.2) is 11.5 Å². The fourth-order valence-electron chi connectivity index (χ4n) is 3.04. The minimum absolute atomic E-state index is 0.133. The minimum Gasteiger partial charge on any atom is -0.441 e. The number of carbonyl (C=O) groups excluding carboxylic acids is 2. The molecule has 0 atom stereocenters. The molecule has 126 valence electrons. The number of hydrogen-bond donors (Lipinski definition) is 1. The number of amides is 2. The number of hydrogen-bond acceptors (Lipinski definition) is 4. The number of rotatable bonds is 3. The number of carbonyl (C=O) groups is 2. The summed E-state index contributed by atoms with van der Waals surface area (Å²) in [5, 5.41) is 2.86. The Hall–Kier alpha value is -3.15. The van der Waals surface area contributed by atoms with E-state index in [0.717, 1.165) is 18.7 Å². The van der Waals surface area contributed by atoms with E-state index < -0.39 is 0 Å². The van der Waals surface area contributed by atoms with E-state index >= 15 is 0 Å². The lowest BCUT2D eigenvalue weighted by Crippen LogP contribution is -2.23. The van der Waals surface area contributed by atoms with Crippen molar-refractivity contribution >= 4 is 34.3 Å². The van der Waals surface area contributed by atoms with Crippen LogP contribution in [0.2, 0.25) is 0 Å². The normalized spacial score (nSPS) is 14.3. The van der Waals surface area contributed by atoms with Crippen LogP contribution in [0, 0.1) is 6.92 Å². The van der Waals surface area contributed by atoms with Crippen LogP contribution in [-0.2, 0) is 4.79 Å². The Balaban J connectivity index is 1.50. The molecule has 0 aliphatic carbocycles. The summed E-state index contributed by atoms with van der Waals surface area (Å²) in [5.74, 6) is 0.512. The first-order chi connectivity index (χ1) is 12.1. The molecule has 0 saturated carbocycles. The minimum atomic E-state index is -0.209. The fourth-order valence-corrected chi connectivity index (χ4v) is 3.04. The van der Waals surface area contributed by atoms with E-state index in [1.54, 1.807) is 42.2 Å². The van der Waals surface area contributed by atoms with Crippen molar-refractivity contribution in [2.24, 2.45) is 0 Å². The van der Waals surface area contributed by atoms with Crippen LogP contribution in [0.3, 0.4) is 0 Å². The average molecular weight is 335 g/mol. The number of aromatic nitrogens is 1. The van der Waals surface area contributed by atoms with Crippen LogP contribution >= 0.6 is 0 Å². The molecule has 1 saturated heterocycles. The van der Waals surface area contributed by atoms with Crippen molar-refractivity contribution < 1.29 is 14.0 Å². The topological polar surface area (TPSA) is 75.4 Å². The predicted molar refractivity (Wildman–Crippen MR) is 94.7 cm³/mol. The maximum Gasteiger partial charge on any atom is 0.255 e. The zero-order valence-electron chi connectivity index (χ0n) is 13.8. The Labute approximate surface area is 144 Å². The first-order valence-electron chi connectivity index (χ1n) is 8.19. The van der Waals surface area contributed by atoms with E-state index in [-0.39, 0.29) is 11.8 Å². The standard InChI is InChI=1S/C19H17N3O3/c1-12-20-16-11-14(6-9-17(16)25-12)21-19(24)13-4-7-15(8-5-13)22-10-2-3-18(22)23/h4-9,11H,2-3,10H2,1H3,(H,21,24). The molecule has 0 unspecified atom stereocenters. The van der Waals surface area contributed by atoms with Gasteiger partial charge in [-0.05, 0) is 48.9 Å². The molecule has 1 aliphatic rings. The van der Waals surface area contributed by atoms with E-state index in [2.05, 4.69) is 10.3 Å². The maximum atomic E-state index is 12.4. The molecule has 6 heteroatoms. The van der Waals surface area contributed by atoms with Crippen LogP contribution in [0.4, 0.5) is 11.4 Å². The lowest BCUT2D eigenvalue weighted by atomic mass is 10.1. The molecule has 6 nitrogen and oxygen atoms in total. The predicted octanol–water partition coefficient (Wildman–Crippen LogP) is 3.52. The van der Waals surface area contributed by atoms with Gasteiger partial charge in [-0.15, -0.1) is 0 Å². The first kappa shape index (κ1) is 15.4. The van der Waals surface area contributed by atoms with Crippen molar-refractivity contribution in [2.45, 2.75) is 19.8 Å². The molecule has 1 N–H and O–H groups in total. The van der Waals surface area contributed by atoms with E-state index in [1.807, 2.05) is 12.1 Å². The summed E-state index contributed by atoms with van der Waals surface area (Å²) in [5.41, 5.74) is 3.42. The first-order valence-corrected chi connectivity index (χ1v) is 8.19. The molecule has 1 fully saturated rings. The number of anilines is 2. The van der Waals surface area contributed by atoms with Gasteiger partial charge >= 0.3 is 0 Å². The number of fused-ring (bicyclic) bond motifs is 1. The summed E-state index contributed by atoms with van der Waals surface area (Å²) in [6.07, 6.45) is 1.47. The van der Waals surface area contributed by atoms with Gasteiger partial charge in [0.1, 0.15) is 5.52 Å². The molecule has 0 bridgehead atoms. The molecule has 2 amide bonds. The summed E-state index contributed by atoms with van der Waals surface area (Å²) in [4.78, 5) is 30.2. The number of nitrogens with one attached hydrogen (secondary N) is 1. The van der Waals surface area contributed by atoms with Gasteiger partial charge in [-0.25, -0.2) is 4.98 Å². The van der Waals surface area contributed by atoms with Crippen molar-refractivity contribution in [3.63, 3.8) is 0 Å². The number of benzene rings is 2. The van der Waals surface area contributed by atoms with Gasteiger partial charge < -0.3 is 14.6 Å².